The zero-order valence-electron chi connectivity index (χ0n) is 14.4. The molecule has 1 aliphatic rings. The van der Waals surface area contributed by atoms with Gasteiger partial charge < -0.3 is 15.2 Å². The summed E-state index contributed by atoms with van der Waals surface area (Å²) in [6.45, 7) is 5.31. The predicted molar refractivity (Wildman–Crippen MR) is 88.7 cm³/mol. The minimum absolute atomic E-state index is 0.269. The Morgan fingerprint density at radius 1 is 1.21 bits per heavy atom. The van der Waals surface area contributed by atoms with Crippen molar-refractivity contribution in [2.45, 2.75) is 33.6 Å². The molecule has 1 saturated carbocycles. The van der Waals surface area contributed by atoms with Crippen LogP contribution in [0.15, 0.2) is 24.3 Å². The topological polar surface area (TPSA) is 92.7 Å². The van der Waals surface area contributed by atoms with Gasteiger partial charge in [0.2, 0.25) is 5.91 Å². The normalized spacial score (nSPS) is 25.1. The lowest BCUT2D eigenvalue weighted by molar-refractivity contribution is -0.154. The van der Waals surface area contributed by atoms with Crippen molar-refractivity contribution in [1.82, 2.24) is 0 Å². The van der Waals surface area contributed by atoms with Gasteiger partial charge in [-0.05, 0) is 37.3 Å². The van der Waals surface area contributed by atoms with Crippen molar-refractivity contribution in [3.63, 3.8) is 0 Å². The van der Waals surface area contributed by atoms with Crippen molar-refractivity contribution in [3.05, 3.63) is 29.8 Å². The Labute approximate surface area is 141 Å². The van der Waals surface area contributed by atoms with Gasteiger partial charge in [-0.1, -0.05) is 26.0 Å². The van der Waals surface area contributed by atoms with Crippen LogP contribution in [0.5, 0.6) is 0 Å². The monoisotopic (exact) mass is 333 g/mol. The number of aliphatic carboxylic acids is 1. The quantitative estimate of drug-likeness (QED) is 0.826. The molecule has 0 unspecified atom stereocenters. The molecule has 0 heterocycles. The number of amides is 1. The van der Waals surface area contributed by atoms with Crippen LogP contribution in [0.4, 0.5) is 5.69 Å². The maximum atomic E-state index is 12.7. The lowest BCUT2D eigenvalue weighted by Gasteiger charge is -2.37. The number of para-hydroxylation sites is 1. The summed E-state index contributed by atoms with van der Waals surface area (Å²) in [5, 5.41) is 12.3. The molecular formula is C18H23NO5. The largest absolute Gasteiger partial charge is 0.481 e. The maximum Gasteiger partial charge on any atom is 0.339 e. The molecule has 130 valence electrons. The second-order valence-electron chi connectivity index (χ2n) is 6.98. The summed E-state index contributed by atoms with van der Waals surface area (Å²) < 4.78 is 4.72. The molecule has 1 aliphatic carbocycles. The van der Waals surface area contributed by atoms with Gasteiger partial charge in [0.05, 0.1) is 23.8 Å². The summed E-state index contributed by atoms with van der Waals surface area (Å²) in [5.74, 6) is -2.16. The molecule has 0 aromatic heterocycles. The number of benzene rings is 1. The molecule has 0 bridgehead atoms. The molecule has 0 aliphatic heterocycles. The van der Waals surface area contributed by atoms with E-state index in [1.807, 2.05) is 13.8 Å². The summed E-state index contributed by atoms with van der Waals surface area (Å²) in [6, 6.07) is 6.59. The van der Waals surface area contributed by atoms with E-state index in [4.69, 9.17) is 4.74 Å². The number of nitrogens with one attached hydrogen (secondary N) is 1. The van der Waals surface area contributed by atoms with Crippen LogP contribution in [0.3, 0.4) is 0 Å². The molecule has 1 fully saturated rings. The third-order valence-corrected chi connectivity index (χ3v) is 5.61. The number of carboxylic acid groups (broad SMARTS) is 1. The SMILES string of the molecule is COC(=O)c1ccccc1NC(=O)[C@H]1CC[C@@](C)(C(=O)O)C1(C)C. The average molecular weight is 333 g/mol. The Hall–Kier alpha value is -2.37. The van der Waals surface area contributed by atoms with Crippen molar-refractivity contribution >= 4 is 23.5 Å². The summed E-state index contributed by atoms with van der Waals surface area (Å²) in [6.07, 6.45) is 0.925. The Kier molecular flexibility index (Phi) is 4.69. The first-order chi connectivity index (χ1) is 11.1. The molecule has 0 saturated heterocycles. The van der Waals surface area contributed by atoms with Crippen molar-refractivity contribution in [3.8, 4) is 0 Å². The summed E-state index contributed by atoms with van der Waals surface area (Å²) in [7, 11) is 1.28. The van der Waals surface area contributed by atoms with Crippen LogP contribution in [0.1, 0.15) is 44.0 Å². The first-order valence-electron chi connectivity index (χ1n) is 7.86. The second-order valence-corrected chi connectivity index (χ2v) is 6.98. The van der Waals surface area contributed by atoms with Crippen LogP contribution in [0.25, 0.3) is 0 Å². The summed E-state index contributed by atoms with van der Waals surface area (Å²) in [5.41, 5.74) is -1.03. The van der Waals surface area contributed by atoms with Gasteiger partial charge in [-0.2, -0.15) is 0 Å². The number of hydrogen-bond acceptors (Lipinski definition) is 4. The molecule has 1 aromatic carbocycles. The molecule has 6 heteroatoms. The van der Waals surface area contributed by atoms with Crippen molar-refractivity contribution in [2.75, 3.05) is 12.4 Å². The number of anilines is 1. The number of carboxylic acids is 1. The van der Waals surface area contributed by atoms with Gasteiger partial charge in [0.15, 0.2) is 0 Å². The molecule has 2 rings (SSSR count). The predicted octanol–water partition coefficient (Wildman–Crippen LogP) is 2.94. The molecule has 0 spiro atoms. The van der Waals surface area contributed by atoms with E-state index in [1.54, 1.807) is 31.2 Å². The average Bonchev–Trinajstić information content (AvgIpc) is 2.78. The van der Waals surface area contributed by atoms with E-state index in [-0.39, 0.29) is 11.5 Å². The van der Waals surface area contributed by atoms with Crippen LogP contribution in [-0.4, -0.2) is 30.1 Å². The first kappa shape index (κ1) is 18.0. The van der Waals surface area contributed by atoms with Crippen molar-refractivity contribution in [1.29, 1.82) is 0 Å². The van der Waals surface area contributed by atoms with Gasteiger partial charge in [-0.25, -0.2) is 4.79 Å². The number of rotatable bonds is 4. The van der Waals surface area contributed by atoms with Crippen LogP contribution in [0, 0.1) is 16.7 Å². The Bertz CT molecular complexity index is 682. The van der Waals surface area contributed by atoms with E-state index in [0.717, 1.165) is 0 Å². The molecule has 2 atom stereocenters. The van der Waals surface area contributed by atoms with Crippen LogP contribution < -0.4 is 5.32 Å². The highest BCUT2D eigenvalue weighted by molar-refractivity contribution is 6.02. The van der Waals surface area contributed by atoms with Crippen LogP contribution in [-0.2, 0) is 14.3 Å². The zero-order valence-corrected chi connectivity index (χ0v) is 14.4. The van der Waals surface area contributed by atoms with E-state index >= 15 is 0 Å². The molecule has 1 aromatic rings. The van der Waals surface area contributed by atoms with E-state index in [2.05, 4.69) is 5.32 Å². The first-order valence-corrected chi connectivity index (χ1v) is 7.86. The van der Waals surface area contributed by atoms with Gasteiger partial charge in [-0.15, -0.1) is 0 Å². The van der Waals surface area contributed by atoms with Gasteiger partial charge in [0.25, 0.3) is 0 Å². The van der Waals surface area contributed by atoms with Gasteiger partial charge in [0, 0.05) is 5.92 Å². The lowest BCUT2D eigenvalue weighted by atomic mass is 9.65. The van der Waals surface area contributed by atoms with Crippen molar-refractivity contribution in [2.24, 2.45) is 16.7 Å². The minimum Gasteiger partial charge on any atom is -0.481 e. The number of methoxy groups -OCH3 is 1. The number of carbonyl (C=O) groups excluding carboxylic acids is 2. The fraction of sp³-hybridized carbons (Fsp3) is 0.500. The van der Waals surface area contributed by atoms with E-state index in [0.29, 0.717) is 18.5 Å². The molecule has 2 N–H and O–H groups in total. The summed E-state index contributed by atoms with van der Waals surface area (Å²) in [4.78, 5) is 36.2. The molecular weight excluding hydrogens is 310 g/mol. The number of ether oxygens (including phenoxy) is 1. The smallest absolute Gasteiger partial charge is 0.339 e. The molecule has 0 radical (unpaired) electrons. The van der Waals surface area contributed by atoms with Crippen LogP contribution in [0.2, 0.25) is 0 Å². The number of esters is 1. The third-order valence-electron chi connectivity index (χ3n) is 5.61. The van der Waals surface area contributed by atoms with E-state index in [9.17, 15) is 19.5 Å². The Balaban J connectivity index is 2.26. The van der Waals surface area contributed by atoms with Crippen molar-refractivity contribution < 1.29 is 24.2 Å². The number of carbonyl (C=O) groups is 3. The highest BCUT2D eigenvalue weighted by atomic mass is 16.5. The number of hydrogen-bond donors (Lipinski definition) is 2. The lowest BCUT2D eigenvalue weighted by Crippen LogP contribution is -2.43. The van der Waals surface area contributed by atoms with Gasteiger partial charge in [0.1, 0.15) is 0 Å². The minimum atomic E-state index is -0.961. The highest BCUT2D eigenvalue weighted by Gasteiger charge is 2.58. The van der Waals surface area contributed by atoms with E-state index in [1.165, 1.54) is 7.11 Å². The standard InChI is InChI=1S/C18H23NO5/c1-17(2)12(9-10-18(17,3)16(22)23)14(20)19-13-8-6-5-7-11(13)15(21)24-4/h5-8,12H,9-10H2,1-4H3,(H,19,20)(H,22,23)/t12-,18+/m1/s1. The van der Waals surface area contributed by atoms with Crippen LogP contribution >= 0.6 is 0 Å². The molecule has 6 nitrogen and oxygen atoms in total. The Morgan fingerprint density at radius 3 is 2.38 bits per heavy atom. The third kappa shape index (κ3) is 2.77. The molecule has 24 heavy (non-hydrogen) atoms. The highest BCUT2D eigenvalue weighted by Crippen LogP contribution is 2.56. The molecule has 1 amide bonds. The fourth-order valence-electron chi connectivity index (χ4n) is 3.44. The van der Waals surface area contributed by atoms with Gasteiger partial charge in [-0.3, -0.25) is 9.59 Å². The maximum absolute atomic E-state index is 12.7. The Morgan fingerprint density at radius 2 is 1.83 bits per heavy atom. The fourth-order valence-corrected chi connectivity index (χ4v) is 3.44. The van der Waals surface area contributed by atoms with E-state index < -0.39 is 28.7 Å². The summed E-state index contributed by atoms with van der Waals surface area (Å²) >= 11 is 0. The second kappa shape index (κ2) is 6.26. The van der Waals surface area contributed by atoms with Gasteiger partial charge >= 0.3 is 11.9 Å². The zero-order chi connectivity index (χ0) is 18.1.